The molecule has 2 aliphatic rings. The normalized spacial score (nSPS) is 21.4. The van der Waals surface area contributed by atoms with E-state index in [9.17, 15) is 4.79 Å². The van der Waals surface area contributed by atoms with Gasteiger partial charge in [-0.25, -0.2) is 0 Å². The van der Waals surface area contributed by atoms with Crippen molar-refractivity contribution in [2.24, 2.45) is 5.73 Å². The van der Waals surface area contributed by atoms with Gasteiger partial charge in [-0.15, -0.1) is 0 Å². The van der Waals surface area contributed by atoms with Crippen LogP contribution in [0.5, 0.6) is 11.5 Å². The van der Waals surface area contributed by atoms with Crippen molar-refractivity contribution in [1.82, 2.24) is 4.90 Å². The molecule has 0 unspecified atom stereocenters. The Morgan fingerprint density at radius 1 is 1.39 bits per heavy atom. The van der Waals surface area contributed by atoms with Crippen LogP contribution in [0.1, 0.15) is 23.2 Å². The van der Waals surface area contributed by atoms with Gasteiger partial charge in [0, 0.05) is 24.7 Å². The van der Waals surface area contributed by atoms with Gasteiger partial charge in [0.2, 0.25) is 6.79 Å². The molecule has 5 heteroatoms. The molecule has 0 spiro atoms. The molecule has 1 aromatic carbocycles. The standard InChI is InChI=1S/C13H16N2O3/c14-7-10-2-1-5-15(10)13(16)9-3-4-11-12(6-9)18-8-17-11/h3-4,6,10H,1-2,5,7-8,14H2/t10-/m0/s1. The molecule has 0 saturated carbocycles. The summed E-state index contributed by atoms with van der Waals surface area (Å²) in [7, 11) is 0. The Morgan fingerprint density at radius 2 is 2.22 bits per heavy atom. The summed E-state index contributed by atoms with van der Waals surface area (Å²) in [5.74, 6) is 1.37. The second-order valence-electron chi connectivity index (χ2n) is 4.60. The molecule has 2 aliphatic heterocycles. The predicted molar refractivity (Wildman–Crippen MR) is 65.7 cm³/mol. The van der Waals surface area contributed by atoms with Crippen LogP contribution in [-0.2, 0) is 0 Å². The van der Waals surface area contributed by atoms with E-state index in [1.807, 2.05) is 4.90 Å². The number of carbonyl (C=O) groups excluding carboxylic acids is 1. The third-order valence-electron chi connectivity index (χ3n) is 3.53. The maximum absolute atomic E-state index is 12.4. The first-order valence-electron chi connectivity index (χ1n) is 6.20. The number of benzene rings is 1. The predicted octanol–water partition coefficient (Wildman–Crippen LogP) is 0.979. The molecular weight excluding hydrogens is 232 g/mol. The molecule has 18 heavy (non-hydrogen) atoms. The van der Waals surface area contributed by atoms with Crippen molar-refractivity contribution in [3.63, 3.8) is 0 Å². The number of hydrogen-bond donors (Lipinski definition) is 1. The number of fused-ring (bicyclic) bond motifs is 1. The lowest BCUT2D eigenvalue weighted by Crippen LogP contribution is -2.39. The number of nitrogens with two attached hydrogens (primary N) is 1. The zero-order valence-corrected chi connectivity index (χ0v) is 10.1. The average molecular weight is 248 g/mol. The van der Waals surface area contributed by atoms with E-state index in [-0.39, 0.29) is 18.7 Å². The molecule has 1 amide bonds. The maximum atomic E-state index is 12.4. The molecular formula is C13H16N2O3. The number of amides is 1. The summed E-state index contributed by atoms with van der Waals surface area (Å²) >= 11 is 0. The summed E-state index contributed by atoms with van der Waals surface area (Å²) in [5, 5.41) is 0. The molecule has 1 aromatic rings. The molecule has 0 aliphatic carbocycles. The Labute approximate surface area is 105 Å². The Bertz CT molecular complexity index is 475. The fourth-order valence-corrected chi connectivity index (χ4v) is 2.54. The summed E-state index contributed by atoms with van der Waals surface area (Å²) in [6.45, 7) is 1.54. The lowest BCUT2D eigenvalue weighted by atomic mass is 10.1. The van der Waals surface area contributed by atoms with Gasteiger partial charge in [0.25, 0.3) is 5.91 Å². The molecule has 1 atom stereocenters. The van der Waals surface area contributed by atoms with Gasteiger partial charge in [-0.1, -0.05) is 0 Å². The fraction of sp³-hybridized carbons (Fsp3) is 0.462. The van der Waals surface area contributed by atoms with Gasteiger partial charge in [-0.3, -0.25) is 4.79 Å². The monoisotopic (exact) mass is 248 g/mol. The highest BCUT2D eigenvalue weighted by molar-refractivity contribution is 5.95. The number of rotatable bonds is 2. The smallest absolute Gasteiger partial charge is 0.254 e. The minimum Gasteiger partial charge on any atom is -0.454 e. The van der Waals surface area contributed by atoms with Gasteiger partial charge >= 0.3 is 0 Å². The van der Waals surface area contributed by atoms with Crippen LogP contribution in [0.15, 0.2) is 18.2 Å². The van der Waals surface area contributed by atoms with Crippen LogP contribution in [0.25, 0.3) is 0 Å². The fourth-order valence-electron chi connectivity index (χ4n) is 2.54. The maximum Gasteiger partial charge on any atom is 0.254 e. The van der Waals surface area contributed by atoms with Gasteiger partial charge in [0.1, 0.15) is 0 Å². The molecule has 2 heterocycles. The van der Waals surface area contributed by atoms with Crippen LogP contribution in [0.2, 0.25) is 0 Å². The van der Waals surface area contributed by atoms with Crippen LogP contribution >= 0.6 is 0 Å². The largest absolute Gasteiger partial charge is 0.454 e. The summed E-state index contributed by atoms with van der Waals surface area (Å²) < 4.78 is 10.5. The van der Waals surface area contributed by atoms with Crippen LogP contribution in [-0.4, -0.2) is 36.7 Å². The van der Waals surface area contributed by atoms with Gasteiger partial charge in [0.15, 0.2) is 11.5 Å². The highest BCUT2D eigenvalue weighted by Crippen LogP contribution is 2.33. The topological polar surface area (TPSA) is 64.8 Å². The number of nitrogens with zero attached hydrogens (tertiary/aromatic N) is 1. The number of carbonyl (C=O) groups is 1. The summed E-state index contributed by atoms with van der Waals surface area (Å²) in [5.41, 5.74) is 6.33. The molecule has 0 bridgehead atoms. The Morgan fingerprint density at radius 3 is 3.06 bits per heavy atom. The SMILES string of the molecule is NC[C@@H]1CCCN1C(=O)c1ccc2c(c1)OCO2. The van der Waals surface area contributed by atoms with Crippen molar-refractivity contribution < 1.29 is 14.3 Å². The van der Waals surface area contributed by atoms with Crippen molar-refractivity contribution in [2.45, 2.75) is 18.9 Å². The second kappa shape index (κ2) is 4.49. The Balaban J connectivity index is 1.84. The first-order chi connectivity index (χ1) is 8.79. The molecule has 1 saturated heterocycles. The van der Waals surface area contributed by atoms with Crippen molar-refractivity contribution in [3.05, 3.63) is 23.8 Å². The Kier molecular flexibility index (Phi) is 2.83. The van der Waals surface area contributed by atoms with E-state index in [0.717, 1.165) is 19.4 Å². The molecule has 0 radical (unpaired) electrons. The van der Waals surface area contributed by atoms with Crippen molar-refractivity contribution in [2.75, 3.05) is 19.9 Å². The van der Waals surface area contributed by atoms with E-state index in [2.05, 4.69) is 0 Å². The molecule has 2 N–H and O–H groups in total. The molecule has 1 fully saturated rings. The van der Waals surface area contributed by atoms with E-state index >= 15 is 0 Å². The second-order valence-corrected chi connectivity index (χ2v) is 4.60. The third-order valence-corrected chi connectivity index (χ3v) is 3.53. The van der Waals surface area contributed by atoms with Crippen molar-refractivity contribution in [3.8, 4) is 11.5 Å². The third kappa shape index (κ3) is 1.80. The number of likely N-dealkylation sites (tertiary alicyclic amines) is 1. The summed E-state index contributed by atoms with van der Waals surface area (Å²) in [4.78, 5) is 14.2. The average Bonchev–Trinajstić information content (AvgIpc) is 3.05. The minimum absolute atomic E-state index is 0.0289. The summed E-state index contributed by atoms with van der Waals surface area (Å²) in [6.07, 6.45) is 2.02. The Hall–Kier alpha value is -1.75. The first-order valence-corrected chi connectivity index (χ1v) is 6.20. The number of ether oxygens (including phenoxy) is 2. The highest BCUT2D eigenvalue weighted by atomic mass is 16.7. The lowest BCUT2D eigenvalue weighted by Gasteiger charge is -2.23. The number of hydrogen-bond acceptors (Lipinski definition) is 4. The van der Waals surface area contributed by atoms with Crippen LogP contribution in [0, 0.1) is 0 Å². The van der Waals surface area contributed by atoms with Crippen LogP contribution in [0.3, 0.4) is 0 Å². The van der Waals surface area contributed by atoms with Gasteiger partial charge in [-0.2, -0.15) is 0 Å². The van der Waals surface area contributed by atoms with Gasteiger partial charge in [-0.05, 0) is 31.0 Å². The molecule has 5 nitrogen and oxygen atoms in total. The highest BCUT2D eigenvalue weighted by Gasteiger charge is 2.29. The minimum atomic E-state index is 0.0289. The zero-order chi connectivity index (χ0) is 12.5. The first kappa shape index (κ1) is 11.3. The van der Waals surface area contributed by atoms with Crippen molar-refractivity contribution in [1.29, 1.82) is 0 Å². The molecule has 96 valence electrons. The van der Waals surface area contributed by atoms with Crippen LogP contribution in [0.4, 0.5) is 0 Å². The van der Waals surface area contributed by atoms with E-state index in [4.69, 9.17) is 15.2 Å². The van der Waals surface area contributed by atoms with E-state index in [1.54, 1.807) is 18.2 Å². The molecule has 3 rings (SSSR count). The summed E-state index contributed by atoms with van der Waals surface area (Å²) in [6, 6.07) is 5.48. The lowest BCUT2D eigenvalue weighted by molar-refractivity contribution is 0.0741. The van der Waals surface area contributed by atoms with Gasteiger partial charge in [0.05, 0.1) is 0 Å². The quantitative estimate of drug-likeness (QED) is 0.847. The van der Waals surface area contributed by atoms with Crippen molar-refractivity contribution >= 4 is 5.91 Å². The van der Waals surface area contributed by atoms with Gasteiger partial charge < -0.3 is 20.1 Å². The zero-order valence-electron chi connectivity index (χ0n) is 10.1. The molecule has 0 aromatic heterocycles. The van der Waals surface area contributed by atoms with E-state index in [1.165, 1.54) is 0 Å². The van der Waals surface area contributed by atoms with E-state index in [0.29, 0.717) is 23.6 Å². The van der Waals surface area contributed by atoms with Crippen LogP contribution < -0.4 is 15.2 Å². The van der Waals surface area contributed by atoms with E-state index < -0.39 is 0 Å².